The second-order valence-electron chi connectivity index (χ2n) is 8.07. The number of fused-ring (bicyclic) bond motifs is 1. The largest absolute Gasteiger partial charge is 0.335 e. The first-order valence-electron chi connectivity index (χ1n) is 10.2. The molecule has 1 amide bonds. The van der Waals surface area contributed by atoms with Crippen LogP contribution in [0.5, 0.6) is 0 Å². The summed E-state index contributed by atoms with van der Waals surface area (Å²) in [6.45, 7) is 7.03. The Labute approximate surface area is 174 Å². The van der Waals surface area contributed by atoms with Crippen LogP contribution in [0.3, 0.4) is 0 Å². The van der Waals surface area contributed by atoms with Gasteiger partial charge < -0.3 is 4.90 Å². The van der Waals surface area contributed by atoms with E-state index in [0.717, 1.165) is 18.4 Å². The fourth-order valence-electron chi connectivity index (χ4n) is 3.87. The zero-order valence-corrected chi connectivity index (χ0v) is 17.4. The van der Waals surface area contributed by atoms with E-state index in [4.69, 9.17) is 0 Å². The van der Waals surface area contributed by atoms with Gasteiger partial charge in [0.15, 0.2) is 0 Å². The molecule has 1 aliphatic rings. The third kappa shape index (κ3) is 3.67. The Morgan fingerprint density at radius 1 is 1.23 bits per heavy atom. The second-order valence-corrected chi connectivity index (χ2v) is 8.07. The summed E-state index contributed by atoms with van der Waals surface area (Å²) < 4.78 is 16.6. The molecule has 0 unspecified atom stereocenters. The molecule has 0 radical (unpaired) electrons. The molecule has 1 atom stereocenters. The van der Waals surface area contributed by atoms with E-state index in [1.807, 2.05) is 31.7 Å². The van der Waals surface area contributed by atoms with Gasteiger partial charge in [-0.1, -0.05) is 11.6 Å². The van der Waals surface area contributed by atoms with Gasteiger partial charge in [0, 0.05) is 31.5 Å². The van der Waals surface area contributed by atoms with Crippen molar-refractivity contribution in [2.45, 2.75) is 46.2 Å². The van der Waals surface area contributed by atoms with Crippen molar-refractivity contribution in [2.75, 3.05) is 6.54 Å². The molecule has 1 aliphatic heterocycles. The van der Waals surface area contributed by atoms with Gasteiger partial charge in [-0.05, 0) is 63.4 Å². The smallest absolute Gasteiger partial charge is 0.295 e. The minimum absolute atomic E-state index is 0.151. The van der Waals surface area contributed by atoms with Crippen molar-refractivity contribution in [1.29, 1.82) is 0 Å². The first-order valence-corrected chi connectivity index (χ1v) is 10.2. The van der Waals surface area contributed by atoms with E-state index in [-0.39, 0.29) is 34.7 Å². The van der Waals surface area contributed by atoms with Gasteiger partial charge in [-0.2, -0.15) is 0 Å². The van der Waals surface area contributed by atoms with Gasteiger partial charge in [0.1, 0.15) is 11.5 Å². The molecule has 156 valence electrons. The number of carbonyl (C=O) groups excluding carboxylic acids is 1. The van der Waals surface area contributed by atoms with Crippen LogP contribution < -0.4 is 5.56 Å². The summed E-state index contributed by atoms with van der Waals surface area (Å²) in [5, 5.41) is 0. The third-order valence-corrected chi connectivity index (χ3v) is 5.58. The number of rotatable bonds is 4. The number of hydrogen-bond acceptors (Lipinski definition) is 3. The predicted octanol–water partition coefficient (Wildman–Crippen LogP) is 3.89. The van der Waals surface area contributed by atoms with Crippen LogP contribution in [0.2, 0.25) is 0 Å². The summed E-state index contributed by atoms with van der Waals surface area (Å²) in [5.74, 6) is -0.490. The topological polar surface area (TPSA) is 59.6 Å². The number of allylic oxidation sites excluding steroid dienone is 2. The number of carbonyl (C=O) groups is 1. The lowest BCUT2D eigenvalue weighted by atomic mass is 10.1. The first-order chi connectivity index (χ1) is 14.3. The Morgan fingerprint density at radius 2 is 1.97 bits per heavy atom. The number of imidazole rings is 1. The molecule has 0 aliphatic carbocycles. The molecule has 2 aromatic heterocycles. The van der Waals surface area contributed by atoms with Crippen molar-refractivity contribution in [2.24, 2.45) is 0 Å². The Hall–Kier alpha value is -3.22. The fourth-order valence-corrected chi connectivity index (χ4v) is 3.87. The van der Waals surface area contributed by atoms with Crippen molar-refractivity contribution >= 4 is 11.6 Å². The molecule has 6 nitrogen and oxygen atoms in total. The molecule has 1 saturated heterocycles. The molecular formula is C23H25FN4O2. The van der Waals surface area contributed by atoms with Crippen LogP contribution in [0.25, 0.3) is 16.9 Å². The van der Waals surface area contributed by atoms with Crippen molar-refractivity contribution < 1.29 is 9.18 Å². The summed E-state index contributed by atoms with van der Waals surface area (Å²) in [7, 11) is 0. The van der Waals surface area contributed by atoms with E-state index >= 15 is 0 Å². The maximum absolute atomic E-state index is 13.4. The predicted molar refractivity (Wildman–Crippen MR) is 114 cm³/mol. The first kappa shape index (κ1) is 20.1. The van der Waals surface area contributed by atoms with Gasteiger partial charge in [0.05, 0.1) is 5.69 Å². The number of likely N-dealkylation sites (tertiary alicyclic amines) is 1. The van der Waals surface area contributed by atoms with Crippen LogP contribution in [0, 0.1) is 5.82 Å². The van der Waals surface area contributed by atoms with E-state index in [1.54, 1.807) is 33.5 Å². The van der Waals surface area contributed by atoms with Gasteiger partial charge in [0.2, 0.25) is 5.65 Å². The van der Waals surface area contributed by atoms with Gasteiger partial charge in [-0.15, -0.1) is 0 Å². The fraction of sp³-hybridized carbons (Fsp3) is 0.348. The Morgan fingerprint density at radius 3 is 2.60 bits per heavy atom. The molecule has 1 aromatic carbocycles. The highest BCUT2D eigenvalue weighted by atomic mass is 19.1. The molecule has 0 bridgehead atoms. The third-order valence-electron chi connectivity index (χ3n) is 5.58. The van der Waals surface area contributed by atoms with Gasteiger partial charge in [0.25, 0.3) is 11.5 Å². The monoisotopic (exact) mass is 408 g/mol. The normalized spacial score (nSPS) is 16.3. The SMILES string of the molecule is CC(C)=CCn1c(-c2ccc(F)cc2)cn2cc(C(=O)N3CCC[C@H]3C)nc2c1=O. The molecular weight excluding hydrogens is 383 g/mol. The summed E-state index contributed by atoms with van der Waals surface area (Å²) in [4.78, 5) is 32.4. The highest BCUT2D eigenvalue weighted by Gasteiger charge is 2.28. The maximum Gasteiger partial charge on any atom is 0.295 e. The highest BCUT2D eigenvalue weighted by Crippen LogP contribution is 2.22. The molecule has 4 rings (SSSR count). The van der Waals surface area contributed by atoms with Gasteiger partial charge in [-0.3, -0.25) is 18.6 Å². The van der Waals surface area contributed by atoms with E-state index in [2.05, 4.69) is 4.98 Å². The lowest BCUT2D eigenvalue weighted by Gasteiger charge is -2.19. The molecule has 1 fully saturated rings. The number of aromatic nitrogens is 3. The van der Waals surface area contributed by atoms with E-state index in [0.29, 0.717) is 24.3 Å². The van der Waals surface area contributed by atoms with Crippen molar-refractivity contribution in [3.63, 3.8) is 0 Å². The number of halogens is 1. The number of amides is 1. The van der Waals surface area contributed by atoms with Crippen LogP contribution in [0.15, 0.2) is 53.1 Å². The Bertz CT molecular complexity index is 1190. The quantitative estimate of drug-likeness (QED) is 0.616. The number of hydrogen-bond donors (Lipinski definition) is 0. The van der Waals surface area contributed by atoms with Crippen LogP contribution in [-0.4, -0.2) is 37.3 Å². The van der Waals surface area contributed by atoms with Crippen molar-refractivity contribution in [1.82, 2.24) is 18.9 Å². The van der Waals surface area contributed by atoms with Crippen molar-refractivity contribution in [3.8, 4) is 11.3 Å². The Balaban J connectivity index is 1.86. The average Bonchev–Trinajstić information content (AvgIpc) is 3.33. The lowest BCUT2D eigenvalue weighted by Crippen LogP contribution is -2.33. The Kier molecular flexibility index (Phi) is 5.28. The molecule has 7 heteroatoms. The van der Waals surface area contributed by atoms with Crippen molar-refractivity contribution in [3.05, 3.63) is 70.2 Å². The van der Waals surface area contributed by atoms with Crippen LogP contribution in [0.4, 0.5) is 4.39 Å². The van der Waals surface area contributed by atoms with Crippen LogP contribution in [-0.2, 0) is 6.54 Å². The molecule has 3 heterocycles. The second kappa shape index (κ2) is 7.89. The number of benzene rings is 1. The van der Waals surface area contributed by atoms with E-state index < -0.39 is 0 Å². The molecule has 3 aromatic rings. The van der Waals surface area contributed by atoms with Gasteiger partial charge >= 0.3 is 0 Å². The zero-order valence-electron chi connectivity index (χ0n) is 17.4. The molecule has 30 heavy (non-hydrogen) atoms. The molecule has 0 saturated carbocycles. The van der Waals surface area contributed by atoms with Gasteiger partial charge in [-0.25, -0.2) is 9.37 Å². The molecule has 0 N–H and O–H groups in total. The molecule has 0 spiro atoms. The summed E-state index contributed by atoms with van der Waals surface area (Å²) in [5.41, 5.74) is 2.62. The standard InChI is InChI=1S/C23H25FN4O2/c1-15(2)10-12-28-20(17-6-8-18(24)9-7-17)14-26-13-19(25-21(26)23(28)30)22(29)27-11-4-5-16(27)3/h6-10,13-14,16H,4-5,11-12H2,1-3H3/t16-/m1/s1. The summed E-state index contributed by atoms with van der Waals surface area (Å²) in [6, 6.07) is 6.19. The van der Waals surface area contributed by atoms with Crippen LogP contribution in [0.1, 0.15) is 44.1 Å². The van der Waals surface area contributed by atoms with E-state index in [9.17, 15) is 14.0 Å². The summed E-state index contributed by atoms with van der Waals surface area (Å²) in [6.07, 6.45) is 7.29. The highest BCUT2D eigenvalue weighted by molar-refractivity contribution is 5.93. The minimum Gasteiger partial charge on any atom is -0.335 e. The minimum atomic E-state index is -0.340. The maximum atomic E-state index is 13.4. The number of nitrogens with zero attached hydrogens (tertiary/aromatic N) is 4. The lowest BCUT2D eigenvalue weighted by molar-refractivity contribution is 0.0742. The van der Waals surface area contributed by atoms with Crippen LogP contribution >= 0.6 is 0 Å². The average molecular weight is 408 g/mol. The summed E-state index contributed by atoms with van der Waals surface area (Å²) >= 11 is 0. The zero-order chi connectivity index (χ0) is 21.4. The van der Waals surface area contributed by atoms with E-state index in [1.165, 1.54) is 12.1 Å².